The van der Waals surface area contributed by atoms with Gasteiger partial charge in [0, 0.05) is 27.3 Å². The molecule has 0 amide bonds. The Morgan fingerprint density at radius 3 is 2.90 bits per heavy atom. The third kappa shape index (κ3) is 4.16. The molecule has 1 aromatic heterocycles. The van der Waals surface area contributed by atoms with Gasteiger partial charge in [0.15, 0.2) is 5.13 Å². The molecule has 0 saturated heterocycles. The Balaban J connectivity index is 1.88. The van der Waals surface area contributed by atoms with Gasteiger partial charge < -0.3 is 19.5 Å². The number of anilines is 1. The van der Waals surface area contributed by atoms with Crippen LogP contribution >= 0.6 is 11.3 Å². The van der Waals surface area contributed by atoms with Gasteiger partial charge >= 0.3 is 5.97 Å². The summed E-state index contributed by atoms with van der Waals surface area (Å²) in [6.07, 6.45) is 2.56. The van der Waals surface area contributed by atoms with Gasteiger partial charge in [0.1, 0.15) is 4.88 Å². The third-order valence-electron chi connectivity index (χ3n) is 3.11. The van der Waals surface area contributed by atoms with E-state index in [1.165, 1.54) is 31.3 Å². The van der Waals surface area contributed by atoms with Crippen molar-refractivity contribution in [2.24, 2.45) is 5.92 Å². The molecule has 6 nitrogen and oxygen atoms in total. The molecule has 7 heteroatoms. The Morgan fingerprint density at radius 2 is 2.30 bits per heavy atom. The zero-order valence-corrected chi connectivity index (χ0v) is 12.6. The number of hydrogen-bond donors (Lipinski definition) is 1. The monoisotopic (exact) mass is 300 g/mol. The summed E-state index contributed by atoms with van der Waals surface area (Å²) in [5.41, 5.74) is 0.478. The predicted molar refractivity (Wildman–Crippen MR) is 76.6 cm³/mol. The maximum atomic E-state index is 11.1. The minimum atomic E-state index is -0.959. The first-order chi connectivity index (χ1) is 9.61. The summed E-state index contributed by atoms with van der Waals surface area (Å²) in [6.45, 7) is 2.38. The zero-order valence-electron chi connectivity index (χ0n) is 11.8. The average Bonchev–Trinajstić information content (AvgIpc) is 3.13. The number of nitrogens with zero attached hydrogens (tertiary/aromatic N) is 2. The highest BCUT2D eigenvalue weighted by Crippen LogP contribution is 2.29. The molecule has 0 atom stereocenters. The minimum Gasteiger partial charge on any atom is -0.477 e. The van der Waals surface area contributed by atoms with Gasteiger partial charge in [0.25, 0.3) is 0 Å². The summed E-state index contributed by atoms with van der Waals surface area (Å²) >= 11 is 1.17. The van der Waals surface area contributed by atoms with Crippen LogP contribution in [0.5, 0.6) is 0 Å². The fraction of sp³-hybridized carbons (Fsp3) is 0.692. The van der Waals surface area contributed by atoms with Gasteiger partial charge in [-0.15, -0.1) is 0 Å². The number of carbonyl (C=O) groups is 1. The molecule has 1 saturated carbocycles. The number of rotatable bonds is 9. The van der Waals surface area contributed by atoms with E-state index >= 15 is 0 Å². The zero-order chi connectivity index (χ0) is 14.5. The summed E-state index contributed by atoms with van der Waals surface area (Å²) in [5.74, 6) is -0.203. The van der Waals surface area contributed by atoms with E-state index in [1.807, 2.05) is 11.9 Å². The molecule has 0 spiro atoms. The number of carboxylic acid groups (broad SMARTS) is 1. The van der Waals surface area contributed by atoms with Crippen molar-refractivity contribution in [1.82, 2.24) is 4.98 Å². The van der Waals surface area contributed by atoms with Crippen molar-refractivity contribution in [3.05, 3.63) is 10.6 Å². The molecule has 0 aromatic carbocycles. The molecule has 1 aliphatic carbocycles. The molecule has 0 radical (unpaired) electrons. The van der Waals surface area contributed by atoms with Crippen molar-refractivity contribution in [3.8, 4) is 0 Å². The highest BCUT2D eigenvalue weighted by atomic mass is 32.1. The minimum absolute atomic E-state index is 0.212. The lowest BCUT2D eigenvalue weighted by atomic mass is 10.4. The number of ether oxygens (including phenoxy) is 2. The van der Waals surface area contributed by atoms with Crippen LogP contribution in [-0.4, -0.2) is 50.0 Å². The molecule has 1 heterocycles. The second-order valence-corrected chi connectivity index (χ2v) is 5.93. The molecule has 0 unspecified atom stereocenters. The lowest BCUT2D eigenvalue weighted by Crippen LogP contribution is -2.22. The van der Waals surface area contributed by atoms with Gasteiger partial charge in [-0.05, 0) is 18.8 Å². The van der Waals surface area contributed by atoms with Gasteiger partial charge in [0.2, 0.25) is 0 Å². The molecule has 20 heavy (non-hydrogen) atoms. The normalized spacial score (nSPS) is 14.5. The Labute approximate surface area is 122 Å². The Hall–Kier alpha value is -1.18. The number of aromatic nitrogens is 1. The molecule has 1 fully saturated rings. The third-order valence-corrected chi connectivity index (χ3v) is 4.31. The first kappa shape index (κ1) is 15.2. The summed E-state index contributed by atoms with van der Waals surface area (Å²) in [5, 5.41) is 9.83. The van der Waals surface area contributed by atoms with Crippen LogP contribution in [0.15, 0.2) is 0 Å². The van der Waals surface area contributed by atoms with E-state index in [1.54, 1.807) is 0 Å². The number of hydrogen-bond acceptors (Lipinski definition) is 6. The highest BCUT2D eigenvalue weighted by Gasteiger charge is 2.21. The van der Waals surface area contributed by atoms with Crippen molar-refractivity contribution >= 4 is 22.4 Å². The van der Waals surface area contributed by atoms with Crippen molar-refractivity contribution in [3.63, 3.8) is 0 Å². The van der Waals surface area contributed by atoms with Gasteiger partial charge in [-0.1, -0.05) is 11.3 Å². The van der Waals surface area contributed by atoms with Crippen molar-refractivity contribution < 1.29 is 19.4 Å². The van der Waals surface area contributed by atoms with E-state index in [2.05, 4.69) is 4.98 Å². The Kier molecular flexibility index (Phi) is 5.33. The number of likely N-dealkylation sites (N-methyl/N-ethyl adjacent to an activating group) is 1. The van der Waals surface area contributed by atoms with E-state index in [4.69, 9.17) is 14.6 Å². The number of aromatic carboxylic acids is 1. The lowest BCUT2D eigenvalue weighted by Gasteiger charge is -2.15. The molecule has 0 aliphatic heterocycles. The summed E-state index contributed by atoms with van der Waals surface area (Å²) in [7, 11) is 3.42. The van der Waals surface area contributed by atoms with Crippen LogP contribution in [0.4, 0.5) is 5.13 Å². The van der Waals surface area contributed by atoms with E-state index in [0.717, 1.165) is 12.5 Å². The van der Waals surface area contributed by atoms with Crippen LogP contribution in [0.3, 0.4) is 0 Å². The first-order valence-corrected chi connectivity index (χ1v) is 7.44. The largest absolute Gasteiger partial charge is 0.477 e. The van der Waals surface area contributed by atoms with Crippen molar-refractivity contribution in [1.29, 1.82) is 0 Å². The van der Waals surface area contributed by atoms with E-state index in [0.29, 0.717) is 24.0 Å². The lowest BCUT2D eigenvalue weighted by molar-refractivity contribution is 0.0697. The number of thiazole rings is 1. The Bertz CT molecular complexity index is 459. The predicted octanol–water partition coefficient (Wildman–Crippen LogP) is 1.85. The summed E-state index contributed by atoms with van der Waals surface area (Å²) in [6, 6.07) is 0. The molecule has 1 aliphatic rings. The topological polar surface area (TPSA) is 71.9 Å². The molecule has 2 rings (SSSR count). The van der Waals surface area contributed by atoms with Gasteiger partial charge in [-0.3, -0.25) is 0 Å². The molecular weight excluding hydrogens is 280 g/mol. The van der Waals surface area contributed by atoms with E-state index in [-0.39, 0.29) is 11.5 Å². The van der Waals surface area contributed by atoms with Crippen LogP contribution in [0.25, 0.3) is 0 Å². The van der Waals surface area contributed by atoms with E-state index < -0.39 is 5.97 Å². The maximum Gasteiger partial charge on any atom is 0.347 e. The van der Waals surface area contributed by atoms with Crippen LogP contribution in [0.2, 0.25) is 0 Å². The van der Waals surface area contributed by atoms with Gasteiger partial charge in [0.05, 0.1) is 18.9 Å². The Morgan fingerprint density at radius 1 is 1.55 bits per heavy atom. The van der Waals surface area contributed by atoms with Crippen LogP contribution in [0.1, 0.15) is 28.2 Å². The molecule has 0 bridgehead atoms. The fourth-order valence-corrected chi connectivity index (χ4v) is 2.63. The SMILES string of the molecule is COCc1nc(N(C)CCOCC2CC2)sc1C(=O)O. The smallest absolute Gasteiger partial charge is 0.347 e. The van der Waals surface area contributed by atoms with Crippen molar-refractivity contribution in [2.75, 3.05) is 38.8 Å². The highest BCUT2D eigenvalue weighted by molar-refractivity contribution is 7.17. The molecule has 1 aromatic rings. The van der Waals surface area contributed by atoms with Crippen LogP contribution in [-0.2, 0) is 16.1 Å². The van der Waals surface area contributed by atoms with Crippen molar-refractivity contribution in [2.45, 2.75) is 19.4 Å². The van der Waals surface area contributed by atoms with Crippen LogP contribution in [0, 0.1) is 5.92 Å². The van der Waals surface area contributed by atoms with Crippen LogP contribution < -0.4 is 4.90 Å². The first-order valence-electron chi connectivity index (χ1n) is 6.62. The average molecular weight is 300 g/mol. The molecular formula is C13H20N2O4S. The standard InChI is InChI=1S/C13H20N2O4S/c1-15(5-6-19-7-9-3-4-9)13-14-10(8-18-2)11(20-13)12(16)17/h9H,3-8H2,1-2H3,(H,16,17). The maximum absolute atomic E-state index is 11.1. The fourth-order valence-electron chi connectivity index (χ4n) is 1.74. The quantitative estimate of drug-likeness (QED) is 0.702. The number of methoxy groups -OCH3 is 1. The van der Waals surface area contributed by atoms with Gasteiger partial charge in [-0.2, -0.15) is 0 Å². The number of carboxylic acids is 1. The van der Waals surface area contributed by atoms with Gasteiger partial charge in [-0.25, -0.2) is 9.78 Å². The summed E-state index contributed by atoms with van der Waals surface area (Å²) < 4.78 is 10.6. The summed E-state index contributed by atoms with van der Waals surface area (Å²) in [4.78, 5) is 17.6. The molecule has 112 valence electrons. The second-order valence-electron chi connectivity index (χ2n) is 4.95. The molecule has 1 N–H and O–H groups in total. The van der Waals surface area contributed by atoms with E-state index in [9.17, 15) is 4.79 Å². The second kappa shape index (κ2) is 7.01.